The fourth-order valence-electron chi connectivity index (χ4n) is 3.49. The maximum atomic E-state index is 12.5. The lowest BCUT2D eigenvalue weighted by molar-refractivity contribution is -0.121. The molecule has 7 heteroatoms. The van der Waals surface area contributed by atoms with Gasteiger partial charge >= 0.3 is 0 Å². The second-order valence-corrected chi connectivity index (χ2v) is 7.89. The number of fused-ring (bicyclic) bond motifs is 2. The molecule has 0 aliphatic heterocycles. The molecule has 148 valence electrons. The van der Waals surface area contributed by atoms with Gasteiger partial charge in [0.1, 0.15) is 5.69 Å². The molecule has 2 aromatic carbocycles. The minimum atomic E-state index is -0.152. The van der Waals surface area contributed by atoms with E-state index in [4.69, 9.17) is 0 Å². The highest BCUT2D eigenvalue weighted by atomic mass is 79.9. The molecule has 2 heterocycles. The zero-order valence-corrected chi connectivity index (χ0v) is 17.6. The third-order valence-electron chi connectivity index (χ3n) is 5.05. The second-order valence-electron chi connectivity index (χ2n) is 6.97. The van der Waals surface area contributed by atoms with Crippen molar-refractivity contribution in [1.82, 2.24) is 19.4 Å². The highest BCUT2D eigenvalue weighted by Crippen LogP contribution is 2.20. The normalized spacial score (nSPS) is 11.2. The predicted octanol–water partition coefficient (Wildman–Crippen LogP) is 3.40. The number of amides is 1. The number of aromatic nitrogens is 3. The van der Waals surface area contributed by atoms with Crippen LogP contribution in [-0.4, -0.2) is 26.6 Å². The standard InChI is InChI=1S/C22H21BrN4O2/c1-26-19-5-3-2-4-17(19)25-18(22(26)29)8-9-21(28)24-11-13-27-12-10-15-6-7-16(23)14-20(15)27/h2-7,10,12,14H,8-9,11,13H2,1H3,(H,24,28). The van der Waals surface area contributed by atoms with Crippen molar-refractivity contribution in [3.05, 3.63) is 75.2 Å². The fraction of sp³-hybridized carbons (Fsp3) is 0.227. The number of benzene rings is 2. The summed E-state index contributed by atoms with van der Waals surface area (Å²) < 4.78 is 4.73. The lowest BCUT2D eigenvalue weighted by atomic mass is 10.2. The number of nitrogens with one attached hydrogen (secondary N) is 1. The number of nitrogens with zero attached hydrogens (tertiary/aromatic N) is 3. The molecule has 6 nitrogen and oxygen atoms in total. The number of para-hydroxylation sites is 2. The minimum absolute atomic E-state index is 0.0837. The van der Waals surface area contributed by atoms with Crippen molar-refractivity contribution in [2.24, 2.45) is 7.05 Å². The topological polar surface area (TPSA) is 68.9 Å². The number of aryl methyl sites for hydroxylation is 2. The van der Waals surface area contributed by atoms with Crippen LogP contribution in [0, 0.1) is 0 Å². The maximum absolute atomic E-state index is 12.5. The molecule has 29 heavy (non-hydrogen) atoms. The number of carbonyl (C=O) groups is 1. The zero-order chi connectivity index (χ0) is 20.4. The molecule has 4 rings (SSSR count). The summed E-state index contributed by atoms with van der Waals surface area (Å²) in [6.45, 7) is 1.21. The minimum Gasteiger partial charge on any atom is -0.354 e. The first-order valence-corrected chi connectivity index (χ1v) is 10.3. The Morgan fingerprint density at radius 3 is 2.83 bits per heavy atom. The largest absolute Gasteiger partial charge is 0.354 e. The van der Waals surface area contributed by atoms with Gasteiger partial charge in [0.15, 0.2) is 0 Å². The summed E-state index contributed by atoms with van der Waals surface area (Å²) in [5.74, 6) is -0.0837. The van der Waals surface area contributed by atoms with Crippen LogP contribution in [0.1, 0.15) is 12.1 Å². The fourth-order valence-corrected chi connectivity index (χ4v) is 3.84. The Labute approximate surface area is 176 Å². The molecule has 1 N–H and O–H groups in total. The van der Waals surface area contributed by atoms with Gasteiger partial charge in [0.2, 0.25) is 5.91 Å². The number of halogens is 1. The third-order valence-corrected chi connectivity index (χ3v) is 5.54. The van der Waals surface area contributed by atoms with Crippen molar-refractivity contribution in [2.45, 2.75) is 19.4 Å². The molecule has 0 saturated heterocycles. The Hall–Kier alpha value is -2.93. The van der Waals surface area contributed by atoms with Crippen molar-refractivity contribution in [3.8, 4) is 0 Å². The van der Waals surface area contributed by atoms with Gasteiger partial charge in [0.05, 0.1) is 11.0 Å². The Morgan fingerprint density at radius 2 is 1.97 bits per heavy atom. The number of hydrogen-bond acceptors (Lipinski definition) is 3. The molecule has 0 radical (unpaired) electrons. The van der Waals surface area contributed by atoms with Crippen LogP contribution in [-0.2, 0) is 24.8 Å². The first kappa shape index (κ1) is 19.4. The summed E-state index contributed by atoms with van der Waals surface area (Å²) >= 11 is 3.49. The van der Waals surface area contributed by atoms with Crippen LogP contribution in [0.2, 0.25) is 0 Å². The second kappa shape index (κ2) is 8.21. The quantitative estimate of drug-likeness (QED) is 0.487. The van der Waals surface area contributed by atoms with Gasteiger partial charge in [-0.05, 0) is 35.7 Å². The molecule has 4 aromatic rings. The van der Waals surface area contributed by atoms with Gasteiger partial charge in [-0.25, -0.2) is 4.98 Å². The van der Waals surface area contributed by atoms with Crippen molar-refractivity contribution >= 4 is 43.8 Å². The molecule has 0 spiro atoms. The van der Waals surface area contributed by atoms with E-state index < -0.39 is 0 Å². The summed E-state index contributed by atoms with van der Waals surface area (Å²) in [7, 11) is 1.73. The summed E-state index contributed by atoms with van der Waals surface area (Å²) in [5, 5.41) is 4.10. The van der Waals surface area contributed by atoms with Crippen LogP contribution in [0.4, 0.5) is 0 Å². The highest BCUT2D eigenvalue weighted by molar-refractivity contribution is 9.10. The Morgan fingerprint density at radius 1 is 1.14 bits per heavy atom. The van der Waals surface area contributed by atoms with E-state index in [1.165, 1.54) is 0 Å². The zero-order valence-electron chi connectivity index (χ0n) is 16.1. The lowest BCUT2D eigenvalue weighted by Gasteiger charge is -2.09. The SMILES string of the molecule is Cn1c(=O)c(CCC(=O)NCCn2ccc3ccc(Br)cc32)nc2ccccc21. The van der Waals surface area contributed by atoms with E-state index in [9.17, 15) is 9.59 Å². The maximum Gasteiger partial charge on any atom is 0.272 e. The first-order valence-electron chi connectivity index (χ1n) is 9.48. The van der Waals surface area contributed by atoms with Crippen LogP contribution in [0.5, 0.6) is 0 Å². The Kier molecular flexibility index (Phi) is 5.49. The molecule has 2 aromatic heterocycles. The molecule has 0 aliphatic rings. The van der Waals surface area contributed by atoms with E-state index in [0.29, 0.717) is 25.2 Å². The van der Waals surface area contributed by atoms with Crippen molar-refractivity contribution in [1.29, 1.82) is 0 Å². The summed E-state index contributed by atoms with van der Waals surface area (Å²) in [4.78, 5) is 29.2. The van der Waals surface area contributed by atoms with E-state index in [1.807, 2.05) is 36.5 Å². The van der Waals surface area contributed by atoms with Gasteiger partial charge < -0.3 is 14.5 Å². The molecule has 0 aliphatic carbocycles. The monoisotopic (exact) mass is 452 g/mol. The molecule has 0 unspecified atom stereocenters. The highest BCUT2D eigenvalue weighted by Gasteiger charge is 2.10. The van der Waals surface area contributed by atoms with E-state index in [1.54, 1.807) is 11.6 Å². The summed E-state index contributed by atoms with van der Waals surface area (Å²) in [6, 6.07) is 15.7. The van der Waals surface area contributed by atoms with E-state index in [0.717, 1.165) is 26.4 Å². The van der Waals surface area contributed by atoms with Gasteiger partial charge in [0, 0.05) is 49.2 Å². The van der Waals surface area contributed by atoms with Crippen molar-refractivity contribution in [2.75, 3.05) is 6.54 Å². The molecular formula is C22H21BrN4O2. The summed E-state index contributed by atoms with van der Waals surface area (Å²) in [5.41, 5.74) is 2.94. The molecule has 0 saturated carbocycles. The lowest BCUT2D eigenvalue weighted by Crippen LogP contribution is -2.29. The molecule has 0 atom stereocenters. The number of hydrogen-bond donors (Lipinski definition) is 1. The van der Waals surface area contributed by atoms with Crippen LogP contribution in [0.3, 0.4) is 0 Å². The summed E-state index contributed by atoms with van der Waals surface area (Å²) in [6.07, 6.45) is 2.58. The van der Waals surface area contributed by atoms with Crippen LogP contribution in [0.15, 0.2) is 64.0 Å². The van der Waals surface area contributed by atoms with Crippen LogP contribution < -0.4 is 10.9 Å². The Balaban J connectivity index is 1.36. The average molecular weight is 453 g/mol. The molecule has 0 bridgehead atoms. The van der Waals surface area contributed by atoms with Crippen LogP contribution >= 0.6 is 15.9 Å². The number of carbonyl (C=O) groups excluding carboxylic acids is 1. The molecular weight excluding hydrogens is 432 g/mol. The van der Waals surface area contributed by atoms with Crippen LogP contribution in [0.25, 0.3) is 21.9 Å². The predicted molar refractivity (Wildman–Crippen MR) is 118 cm³/mol. The van der Waals surface area contributed by atoms with E-state index in [2.05, 4.69) is 49.0 Å². The number of rotatable bonds is 6. The van der Waals surface area contributed by atoms with Crippen molar-refractivity contribution in [3.63, 3.8) is 0 Å². The molecule has 1 amide bonds. The van der Waals surface area contributed by atoms with Gasteiger partial charge in [-0.15, -0.1) is 0 Å². The average Bonchev–Trinajstić information content (AvgIpc) is 3.12. The smallest absolute Gasteiger partial charge is 0.272 e. The Bertz CT molecular complexity index is 1260. The van der Waals surface area contributed by atoms with E-state index in [-0.39, 0.29) is 17.9 Å². The third kappa shape index (κ3) is 4.10. The first-order chi connectivity index (χ1) is 14.0. The van der Waals surface area contributed by atoms with Gasteiger partial charge in [0.25, 0.3) is 5.56 Å². The van der Waals surface area contributed by atoms with Crippen molar-refractivity contribution < 1.29 is 4.79 Å². The van der Waals surface area contributed by atoms with Gasteiger partial charge in [-0.3, -0.25) is 9.59 Å². The van der Waals surface area contributed by atoms with Gasteiger partial charge in [-0.1, -0.05) is 34.1 Å². The van der Waals surface area contributed by atoms with E-state index >= 15 is 0 Å². The van der Waals surface area contributed by atoms with Gasteiger partial charge in [-0.2, -0.15) is 0 Å². The molecule has 0 fully saturated rings.